The van der Waals surface area contributed by atoms with Crippen LogP contribution in [0.1, 0.15) is 23.6 Å². The molecule has 6 heteroatoms. The zero-order valence-corrected chi connectivity index (χ0v) is 15.9. The van der Waals surface area contributed by atoms with E-state index in [1.807, 2.05) is 51.1 Å². The number of nitrogens with one attached hydrogen (secondary N) is 1. The van der Waals surface area contributed by atoms with E-state index in [0.29, 0.717) is 17.8 Å². The molecule has 5 nitrogen and oxygen atoms in total. The number of para-hydroxylation sites is 1. The molecule has 0 radical (unpaired) electrons. The summed E-state index contributed by atoms with van der Waals surface area (Å²) in [5.74, 6) is -0.370. The van der Waals surface area contributed by atoms with E-state index < -0.39 is 10.0 Å². The normalized spacial score (nSPS) is 11.2. The predicted molar refractivity (Wildman–Crippen MR) is 103 cm³/mol. The van der Waals surface area contributed by atoms with E-state index in [4.69, 9.17) is 0 Å². The fourth-order valence-corrected chi connectivity index (χ4v) is 3.51. The lowest BCUT2D eigenvalue weighted by Gasteiger charge is -2.24. The number of carbonyl (C=O) groups is 1. The monoisotopic (exact) mass is 360 g/mol. The van der Waals surface area contributed by atoms with Gasteiger partial charge in [0.05, 0.1) is 11.9 Å². The fraction of sp³-hybridized carbons (Fsp3) is 0.316. The number of carbonyl (C=O) groups excluding carboxylic acids is 1. The van der Waals surface area contributed by atoms with E-state index in [2.05, 4.69) is 5.32 Å². The van der Waals surface area contributed by atoms with Crippen molar-refractivity contribution in [2.45, 2.75) is 27.2 Å². The van der Waals surface area contributed by atoms with Gasteiger partial charge in [-0.1, -0.05) is 37.3 Å². The van der Waals surface area contributed by atoms with Crippen LogP contribution in [0.15, 0.2) is 42.5 Å². The van der Waals surface area contributed by atoms with Crippen molar-refractivity contribution in [3.8, 4) is 0 Å². The van der Waals surface area contributed by atoms with Crippen molar-refractivity contribution in [2.75, 3.05) is 22.4 Å². The second-order valence-electron chi connectivity index (χ2n) is 6.12. The Morgan fingerprint density at radius 1 is 1.12 bits per heavy atom. The molecule has 0 aliphatic heterocycles. The van der Waals surface area contributed by atoms with Gasteiger partial charge in [-0.05, 0) is 49.1 Å². The first kappa shape index (κ1) is 19.0. The molecule has 0 spiro atoms. The number of anilines is 2. The Bertz CT molecular complexity index is 876. The summed E-state index contributed by atoms with van der Waals surface area (Å²) in [4.78, 5) is 12.5. The second kappa shape index (κ2) is 7.70. The number of hydrogen-bond donors (Lipinski definition) is 1. The highest BCUT2D eigenvalue weighted by atomic mass is 32.2. The first-order chi connectivity index (χ1) is 11.7. The minimum atomic E-state index is -3.58. The maximum atomic E-state index is 12.5. The molecule has 1 N–H and O–H groups in total. The molecule has 0 bridgehead atoms. The van der Waals surface area contributed by atoms with Gasteiger partial charge in [-0.15, -0.1) is 0 Å². The summed E-state index contributed by atoms with van der Waals surface area (Å²) in [6.07, 6.45) is 1.80. The highest BCUT2D eigenvalue weighted by molar-refractivity contribution is 7.92. The van der Waals surface area contributed by atoms with Crippen molar-refractivity contribution in [3.05, 3.63) is 59.2 Å². The zero-order chi connectivity index (χ0) is 18.6. The highest BCUT2D eigenvalue weighted by Crippen LogP contribution is 2.24. The topological polar surface area (TPSA) is 66.5 Å². The lowest BCUT2D eigenvalue weighted by Crippen LogP contribution is -2.38. The van der Waals surface area contributed by atoms with Crippen molar-refractivity contribution in [2.24, 2.45) is 0 Å². The molecule has 0 aromatic heterocycles. The predicted octanol–water partition coefficient (Wildman–Crippen LogP) is 3.27. The van der Waals surface area contributed by atoms with Crippen molar-refractivity contribution >= 4 is 27.3 Å². The fourth-order valence-electron chi connectivity index (χ4n) is 2.62. The van der Waals surface area contributed by atoms with Crippen LogP contribution in [0.25, 0.3) is 0 Å². The molecule has 0 heterocycles. The van der Waals surface area contributed by atoms with Gasteiger partial charge in [0.1, 0.15) is 6.54 Å². The molecular weight excluding hydrogens is 336 g/mol. The standard InChI is InChI=1S/C19H24N2O3S/c1-5-16-8-6-7-9-18(16)21(25(4,23)24)13-19(22)20-17-12-14(2)10-11-15(17)3/h6-12H,5,13H2,1-4H3,(H,20,22). The van der Waals surface area contributed by atoms with E-state index in [9.17, 15) is 13.2 Å². The van der Waals surface area contributed by atoms with E-state index in [-0.39, 0.29) is 12.5 Å². The van der Waals surface area contributed by atoms with Crippen LogP contribution >= 0.6 is 0 Å². The number of aryl methyl sites for hydroxylation is 3. The summed E-state index contributed by atoms with van der Waals surface area (Å²) in [6, 6.07) is 13.0. The van der Waals surface area contributed by atoms with Crippen LogP contribution in [0.4, 0.5) is 11.4 Å². The number of amides is 1. The van der Waals surface area contributed by atoms with Crippen molar-refractivity contribution in [1.29, 1.82) is 0 Å². The molecule has 0 aliphatic carbocycles. The molecule has 0 atom stereocenters. The van der Waals surface area contributed by atoms with Crippen LogP contribution in [-0.2, 0) is 21.2 Å². The summed E-state index contributed by atoms with van der Waals surface area (Å²) in [5, 5.41) is 2.82. The van der Waals surface area contributed by atoms with Gasteiger partial charge in [-0.2, -0.15) is 0 Å². The molecule has 2 rings (SSSR count). The van der Waals surface area contributed by atoms with Crippen LogP contribution in [-0.4, -0.2) is 27.1 Å². The first-order valence-electron chi connectivity index (χ1n) is 8.15. The van der Waals surface area contributed by atoms with E-state index in [0.717, 1.165) is 27.3 Å². The second-order valence-corrected chi connectivity index (χ2v) is 8.03. The third-order valence-corrected chi connectivity index (χ3v) is 5.12. The van der Waals surface area contributed by atoms with Gasteiger partial charge in [0, 0.05) is 5.69 Å². The summed E-state index contributed by atoms with van der Waals surface area (Å²) < 4.78 is 25.7. The van der Waals surface area contributed by atoms with Gasteiger partial charge in [-0.25, -0.2) is 8.42 Å². The highest BCUT2D eigenvalue weighted by Gasteiger charge is 2.23. The average molecular weight is 360 g/mol. The number of rotatable bonds is 6. The third-order valence-electron chi connectivity index (χ3n) is 4.00. The molecule has 0 fully saturated rings. The molecule has 2 aromatic rings. The molecule has 0 aliphatic rings. The number of nitrogens with zero attached hydrogens (tertiary/aromatic N) is 1. The van der Waals surface area contributed by atoms with Crippen LogP contribution in [0, 0.1) is 13.8 Å². The molecule has 0 unspecified atom stereocenters. The van der Waals surface area contributed by atoms with Crippen molar-refractivity contribution in [1.82, 2.24) is 0 Å². The lowest BCUT2D eigenvalue weighted by molar-refractivity contribution is -0.114. The lowest BCUT2D eigenvalue weighted by atomic mass is 10.1. The smallest absolute Gasteiger partial charge is 0.245 e. The van der Waals surface area contributed by atoms with E-state index >= 15 is 0 Å². The van der Waals surface area contributed by atoms with Gasteiger partial charge in [0.15, 0.2) is 0 Å². The van der Waals surface area contributed by atoms with Gasteiger partial charge in [-0.3, -0.25) is 9.10 Å². The Hall–Kier alpha value is -2.34. The minimum absolute atomic E-state index is 0.261. The summed E-state index contributed by atoms with van der Waals surface area (Å²) in [7, 11) is -3.58. The molecule has 0 saturated heterocycles. The van der Waals surface area contributed by atoms with E-state index in [1.165, 1.54) is 0 Å². The van der Waals surface area contributed by atoms with Gasteiger partial charge in [0.2, 0.25) is 15.9 Å². The first-order valence-corrected chi connectivity index (χ1v) is 10.00. The maximum absolute atomic E-state index is 12.5. The molecular formula is C19H24N2O3S. The Kier molecular flexibility index (Phi) is 5.85. The maximum Gasteiger partial charge on any atom is 0.245 e. The van der Waals surface area contributed by atoms with Crippen molar-refractivity contribution in [3.63, 3.8) is 0 Å². The van der Waals surface area contributed by atoms with Gasteiger partial charge < -0.3 is 5.32 Å². The van der Waals surface area contributed by atoms with E-state index in [1.54, 1.807) is 12.1 Å². The largest absolute Gasteiger partial charge is 0.324 e. The molecule has 134 valence electrons. The summed E-state index contributed by atoms with van der Waals surface area (Å²) >= 11 is 0. The summed E-state index contributed by atoms with van der Waals surface area (Å²) in [6.45, 7) is 5.53. The van der Waals surface area contributed by atoms with Crippen LogP contribution in [0.5, 0.6) is 0 Å². The number of sulfonamides is 1. The SMILES string of the molecule is CCc1ccccc1N(CC(=O)Nc1cc(C)ccc1C)S(C)(=O)=O. The third kappa shape index (κ3) is 4.82. The van der Waals surface area contributed by atoms with Crippen LogP contribution in [0.3, 0.4) is 0 Å². The minimum Gasteiger partial charge on any atom is -0.324 e. The molecule has 0 saturated carbocycles. The Balaban J connectivity index is 2.29. The Morgan fingerprint density at radius 3 is 2.44 bits per heavy atom. The van der Waals surface area contributed by atoms with Crippen LogP contribution in [0.2, 0.25) is 0 Å². The van der Waals surface area contributed by atoms with Crippen LogP contribution < -0.4 is 9.62 Å². The average Bonchev–Trinajstić information content (AvgIpc) is 2.55. The molecule has 2 aromatic carbocycles. The Morgan fingerprint density at radius 2 is 1.80 bits per heavy atom. The number of benzene rings is 2. The molecule has 25 heavy (non-hydrogen) atoms. The molecule has 1 amide bonds. The summed E-state index contributed by atoms with van der Waals surface area (Å²) in [5.41, 5.74) is 4.08. The quantitative estimate of drug-likeness (QED) is 0.860. The van der Waals surface area contributed by atoms with Gasteiger partial charge in [0.25, 0.3) is 0 Å². The Labute approximate surface area is 149 Å². The van der Waals surface area contributed by atoms with Gasteiger partial charge >= 0.3 is 0 Å². The number of hydrogen-bond acceptors (Lipinski definition) is 3. The van der Waals surface area contributed by atoms with Crippen molar-refractivity contribution < 1.29 is 13.2 Å². The zero-order valence-electron chi connectivity index (χ0n) is 15.0.